The molecule has 0 aliphatic rings. The molecule has 2 amide bonds. The summed E-state index contributed by atoms with van der Waals surface area (Å²) >= 11 is 3.35. The molecule has 0 saturated carbocycles. The molecule has 0 spiro atoms. The van der Waals surface area contributed by atoms with Crippen molar-refractivity contribution in [1.82, 2.24) is 0 Å². The topological polar surface area (TPSA) is 75.3 Å². The monoisotopic (exact) mass is 388 g/mol. The fourth-order valence-electron chi connectivity index (χ4n) is 2.13. The molecule has 5 nitrogen and oxygen atoms in total. The van der Waals surface area contributed by atoms with Crippen LogP contribution in [0.2, 0.25) is 0 Å². The lowest BCUT2D eigenvalue weighted by Crippen LogP contribution is -2.21. The van der Waals surface area contributed by atoms with Gasteiger partial charge in [-0.25, -0.2) is 0 Å². The first-order chi connectivity index (χ1) is 11.3. The zero-order valence-corrected chi connectivity index (χ0v) is 14.9. The molecule has 6 heteroatoms. The van der Waals surface area contributed by atoms with Crippen molar-refractivity contribution in [2.75, 3.05) is 10.6 Å². The van der Waals surface area contributed by atoms with Crippen LogP contribution in [0, 0.1) is 6.92 Å². The normalized spacial score (nSPS) is 10.1. The van der Waals surface area contributed by atoms with Crippen LogP contribution in [0.5, 0.6) is 0 Å². The lowest BCUT2D eigenvalue weighted by atomic mass is 10.1. The van der Waals surface area contributed by atoms with Crippen molar-refractivity contribution >= 4 is 44.9 Å². The van der Waals surface area contributed by atoms with Crippen molar-refractivity contribution in [3.63, 3.8) is 0 Å². The van der Waals surface area contributed by atoms with Crippen LogP contribution in [0.15, 0.2) is 46.9 Å². The van der Waals surface area contributed by atoms with Crippen LogP contribution >= 0.6 is 15.9 Å². The van der Waals surface area contributed by atoms with E-state index < -0.39 is 11.8 Å². The second kappa shape index (κ2) is 7.88. The fourth-order valence-corrected chi connectivity index (χ4v) is 2.60. The first-order valence-electron chi connectivity index (χ1n) is 7.32. The highest BCUT2D eigenvalue weighted by Crippen LogP contribution is 2.20. The second-order valence-corrected chi connectivity index (χ2v) is 6.29. The van der Waals surface area contributed by atoms with Crippen LogP contribution < -0.4 is 10.6 Å². The van der Waals surface area contributed by atoms with Crippen molar-refractivity contribution in [1.29, 1.82) is 0 Å². The average Bonchev–Trinajstić information content (AvgIpc) is 2.50. The van der Waals surface area contributed by atoms with E-state index in [4.69, 9.17) is 0 Å². The summed E-state index contributed by atoms with van der Waals surface area (Å²) in [5.74, 6) is -0.932. The van der Waals surface area contributed by atoms with Gasteiger partial charge in [-0.3, -0.25) is 14.4 Å². The fraction of sp³-hybridized carbons (Fsp3) is 0.167. The number of nitrogens with one attached hydrogen (secondary N) is 2. The van der Waals surface area contributed by atoms with Crippen LogP contribution in [0.4, 0.5) is 11.4 Å². The van der Waals surface area contributed by atoms with E-state index in [2.05, 4.69) is 26.6 Å². The Morgan fingerprint density at radius 3 is 2.38 bits per heavy atom. The van der Waals surface area contributed by atoms with Gasteiger partial charge in [0.25, 0.3) is 0 Å². The minimum atomic E-state index is -0.442. The van der Waals surface area contributed by atoms with Gasteiger partial charge in [0.1, 0.15) is 6.42 Å². The molecule has 0 radical (unpaired) electrons. The van der Waals surface area contributed by atoms with E-state index in [1.807, 2.05) is 19.1 Å². The van der Waals surface area contributed by atoms with E-state index in [1.54, 1.807) is 30.3 Å². The highest BCUT2D eigenvalue weighted by molar-refractivity contribution is 9.10. The van der Waals surface area contributed by atoms with E-state index in [-0.39, 0.29) is 12.2 Å². The molecular formula is C18H17BrN2O3. The number of aryl methyl sites for hydroxylation is 1. The van der Waals surface area contributed by atoms with E-state index in [1.165, 1.54) is 6.92 Å². The molecular weight excluding hydrogens is 372 g/mol. The summed E-state index contributed by atoms with van der Waals surface area (Å²) in [6.45, 7) is 3.32. The molecule has 0 aliphatic carbocycles. The molecule has 0 heterocycles. The summed E-state index contributed by atoms with van der Waals surface area (Å²) < 4.78 is 0.918. The third kappa shape index (κ3) is 5.03. The molecule has 0 bridgehead atoms. The van der Waals surface area contributed by atoms with Gasteiger partial charge in [-0.15, -0.1) is 0 Å². The van der Waals surface area contributed by atoms with Gasteiger partial charge in [-0.05, 0) is 49.7 Å². The van der Waals surface area contributed by atoms with Crippen LogP contribution in [0.3, 0.4) is 0 Å². The van der Waals surface area contributed by atoms with Crippen molar-refractivity contribution < 1.29 is 14.4 Å². The number of anilines is 2. The summed E-state index contributed by atoms with van der Waals surface area (Å²) in [4.78, 5) is 35.3. The number of Topliss-reactive ketones (excluding diaryl/α,β-unsaturated/α-hetero) is 1. The quantitative estimate of drug-likeness (QED) is 0.601. The smallest absolute Gasteiger partial charge is 0.233 e. The first-order valence-corrected chi connectivity index (χ1v) is 8.11. The van der Waals surface area contributed by atoms with Gasteiger partial charge < -0.3 is 10.6 Å². The molecule has 124 valence electrons. The molecule has 0 fully saturated rings. The number of benzene rings is 2. The number of hydrogen-bond donors (Lipinski definition) is 2. The minimum Gasteiger partial charge on any atom is -0.326 e. The predicted octanol–water partition coefficient (Wildman–Crippen LogP) is 3.93. The summed E-state index contributed by atoms with van der Waals surface area (Å²) in [5.41, 5.74) is 2.55. The molecule has 2 aromatic rings. The number of carbonyl (C=O) groups excluding carboxylic acids is 3. The molecule has 2 rings (SSSR count). The van der Waals surface area contributed by atoms with Gasteiger partial charge in [0, 0.05) is 21.4 Å². The zero-order valence-electron chi connectivity index (χ0n) is 13.4. The molecule has 2 N–H and O–H groups in total. The van der Waals surface area contributed by atoms with Crippen molar-refractivity contribution in [3.8, 4) is 0 Å². The van der Waals surface area contributed by atoms with Gasteiger partial charge in [0.2, 0.25) is 11.8 Å². The van der Waals surface area contributed by atoms with Gasteiger partial charge in [0.05, 0.1) is 0 Å². The number of halogens is 1. The van der Waals surface area contributed by atoms with Gasteiger partial charge in [-0.2, -0.15) is 0 Å². The molecule has 24 heavy (non-hydrogen) atoms. The van der Waals surface area contributed by atoms with Crippen molar-refractivity contribution in [3.05, 3.63) is 58.1 Å². The standard InChI is InChI=1S/C18H17BrN2O3/c1-11-8-14(19)6-7-16(11)21-18(24)10-17(23)20-15-5-3-4-13(9-15)12(2)22/h3-9H,10H2,1-2H3,(H,20,23)(H,21,24). The maximum Gasteiger partial charge on any atom is 0.233 e. The Balaban J connectivity index is 1.95. The van der Waals surface area contributed by atoms with E-state index in [0.29, 0.717) is 16.9 Å². The molecule has 0 unspecified atom stereocenters. The number of ketones is 1. The Kier molecular flexibility index (Phi) is 5.87. The molecule has 2 aromatic carbocycles. The van der Waals surface area contributed by atoms with Crippen LogP contribution in [-0.2, 0) is 9.59 Å². The Morgan fingerprint density at radius 1 is 1.00 bits per heavy atom. The Labute approximate surface area is 148 Å². The third-order valence-corrected chi connectivity index (χ3v) is 3.83. The first kappa shape index (κ1) is 17.9. The molecule has 0 aromatic heterocycles. The summed E-state index contributed by atoms with van der Waals surface area (Å²) in [5, 5.41) is 5.33. The van der Waals surface area contributed by atoms with Crippen LogP contribution in [0.1, 0.15) is 29.3 Å². The van der Waals surface area contributed by atoms with Crippen LogP contribution in [0.25, 0.3) is 0 Å². The summed E-state index contributed by atoms with van der Waals surface area (Å²) in [6.07, 6.45) is -0.306. The molecule has 0 aliphatic heterocycles. The number of hydrogen-bond acceptors (Lipinski definition) is 3. The van der Waals surface area contributed by atoms with Crippen molar-refractivity contribution in [2.45, 2.75) is 20.3 Å². The van der Waals surface area contributed by atoms with Crippen molar-refractivity contribution in [2.24, 2.45) is 0 Å². The maximum atomic E-state index is 12.0. The largest absolute Gasteiger partial charge is 0.326 e. The number of amides is 2. The van der Waals surface area contributed by atoms with Crippen LogP contribution in [-0.4, -0.2) is 17.6 Å². The predicted molar refractivity (Wildman–Crippen MR) is 97.2 cm³/mol. The highest BCUT2D eigenvalue weighted by Gasteiger charge is 2.12. The summed E-state index contributed by atoms with van der Waals surface area (Å²) in [7, 11) is 0. The Hall–Kier alpha value is -2.47. The van der Waals surface area contributed by atoms with E-state index >= 15 is 0 Å². The Morgan fingerprint density at radius 2 is 1.71 bits per heavy atom. The lowest BCUT2D eigenvalue weighted by Gasteiger charge is -2.09. The minimum absolute atomic E-state index is 0.0884. The molecule has 0 atom stereocenters. The summed E-state index contributed by atoms with van der Waals surface area (Å²) in [6, 6.07) is 12.1. The second-order valence-electron chi connectivity index (χ2n) is 5.37. The maximum absolute atomic E-state index is 12.0. The van der Waals surface area contributed by atoms with Gasteiger partial charge in [-0.1, -0.05) is 28.1 Å². The third-order valence-electron chi connectivity index (χ3n) is 3.34. The lowest BCUT2D eigenvalue weighted by molar-refractivity contribution is -0.123. The number of carbonyl (C=O) groups is 3. The zero-order chi connectivity index (χ0) is 17.7. The highest BCUT2D eigenvalue weighted by atomic mass is 79.9. The molecule has 0 saturated heterocycles. The number of rotatable bonds is 5. The SMILES string of the molecule is CC(=O)c1cccc(NC(=O)CC(=O)Nc2ccc(Br)cc2C)c1. The Bertz CT molecular complexity index is 803. The van der Waals surface area contributed by atoms with Gasteiger partial charge in [0.15, 0.2) is 5.78 Å². The van der Waals surface area contributed by atoms with Gasteiger partial charge >= 0.3 is 0 Å². The average molecular weight is 389 g/mol. The van der Waals surface area contributed by atoms with E-state index in [0.717, 1.165) is 10.0 Å². The van der Waals surface area contributed by atoms with E-state index in [9.17, 15) is 14.4 Å².